The van der Waals surface area contributed by atoms with Crippen LogP contribution in [0, 0.1) is 5.82 Å². The maximum Gasteiger partial charge on any atom is 0.166 e. The molecular formula is C16H17BrFNO2. The van der Waals surface area contributed by atoms with Crippen LogP contribution >= 0.6 is 15.9 Å². The predicted molar refractivity (Wildman–Crippen MR) is 83.9 cm³/mol. The van der Waals surface area contributed by atoms with Gasteiger partial charge in [0.15, 0.2) is 11.5 Å². The Morgan fingerprint density at radius 3 is 2.62 bits per heavy atom. The number of rotatable bonds is 6. The molecule has 0 unspecified atom stereocenters. The quantitative estimate of drug-likeness (QED) is 0.852. The fourth-order valence-electron chi connectivity index (χ4n) is 1.94. The van der Waals surface area contributed by atoms with Gasteiger partial charge in [-0.05, 0) is 25.1 Å². The van der Waals surface area contributed by atoms with Crippen LogP contribution in [0.15, 0.2) is 40.9 Å². The molecule has 0 fully saturated rings. The second-order valence-electron chi connectivity index (χ2n) is 4.41. The fraction of sp³-hybridized carbons (Fsp3) is 0.250. The van der Waals surface area contributed by atoms with Crippen molar-refractivity contribution in [3.63, 3.8) is 0 Å². The third-order valence-corrected chi connectivity index (χ3v) is 3.71. The summed E-state index contributed by atoms with van der Waals surface area (Å²) in [5, 5.41) is 0. The van der Waals surface area contributed by atoms with Gasteiger partial charge in [0.05, 0.1) is 6.61 Å². The molecule has 5 heteroatoms. The van der Waals surface area contributed by atoms with Crippen molar-refractivity contribution >= 4 is 15.9 Å². The van der Waals surface area contributed by atoms with E-state index in [1.807, 2.05) is 25.1 Å². The summed E-state index contributed by atoms with van der Waals surface area (Å²) in [4.78, 5) is 0. The lowest BCUT2D eigenvalue weighted by Gasteiger charge is -2.15. The van der Waals surface area contributed by atoms with E-state index in [2.05, 4.69) is 15.9 Å². The SMILES string of the molecule is CCOc1cccc(CN)c1OCc1ccc(F)cc1Br. The Bertz CT molecular complexity index is 619. The van der Waals surface area contributed by atoms with E-state index in [1.165, 1.54) is 12.1 Å². The number of ether oxygens (including phenoxy) is 2. The zero-order valence-electron chi connectivity index (χ0n) is 11.7. The van der Waals surface area contributed by atoms with Crippen molar-refractivity contribution in [1.82, 2.24) is 0 Å². The van der Waals surface area contributed by atoms with E-state index in [4.69, 9.17) is 15.2 Å². The minimum Gasteiger partial charge on any atom is -0.490 e. The molecule has 0 saturated carbocycles. The lowest BCUT2D eigenvalue weighted by molar-refractivity contribution is 0.266. The average molecular weight is 354 g/mol. The van der Waals surface area contributed by atoms with Gasteiger partial charge < -0.3 is 15.2 Å². The van der Waals surface area contributed by atoms with Gasteiger partial charge in [-0.25, -0.2) is 4.39 Å². The minimum atomic E-state index is -0.289. The van der Waals surface area contributed by atoms with Crippen LogP contribution in [0.25, 0.3) is 0 Å². The van der Waals surface area contributed by atoms with Crippen molar-refractivity contribution in [3.8, 4) is 11.5 Å². The van der Waals surface area contributed by atoms with Gasteiger partial charge in [-0.3, -0.25) is 0 Å². The maximum absolute atomic E-state index is 13.1. The third kappa shape index (κ3) is 3.95. The van der Waals surface area contributed by atoms with Crippen molar-refractivity contribution < 1.29 is 13.9 Å². The largest absolute Gasteiger partial charge is 0.490 e. The number of para-hydroxylation sites is 1. The summed E-state index contributed by atoms with van der Waals surface area (Å²) in [6, 6.07) is 10.1. The number of nitrogens with two attached hydrogens (primary N) is 1. The van der Waals surface area contributed by atoms with Crippen LogP contribution in [0.4, 0.5) is 4.39 Å². The molecule has 0 bridgehead atoms. The fourth-order valence-corrected chi connectivity index (χ4v) is 2.41. The summed E-state index contributed by atoms with van der Waals surface area (Å²) >= 11 is 3.33. The van der Waals surface area contributed by atoms with Gasteiger partial charge in [0.1, 0.15) is 12.4 Å². The topological polar surface area (TPSA) is 44.5 Å². The minimum absolute atomic E-state index is 0.289. The summed E-state index contributed by atoms with van der Waals surface area (Å²) in [5.74, 6) is 1.01. The number of hydrogen-bond acceptors (Lipinski definition) is 3. The first-order chi connectivity index (χ1) is 10.2. The standard InChI is InChI=1S/C16H17BrFNO2/c1-2-20-15-5-3-4-11(9-19)16(15)21-10-12-6-7-13(18)8-14(12)17/h3-8H,2,9-10,19H2,1H3. The van der Waals surface area contributed by atoms with Crippen molar-refractivity contribution in [3.05, 3.63) is 57.8 Å². The maximum atomic E-state index is 13.1. The molecule has 0 heterocycles. The normalized spacial score (nSPS) is 10.5. The Morgan fingerprint density at radius 1 is 1.14 bits per heavy atom. The van der Waals surface area contributed by atoms with E-state index in [1.54, 1.807) is 6.07 Å². The van der Waals surface area contributed by atoms with Crippen molar-refractivity contribution in [2.24, 2.45) is 5.73 Å². The monoisotopic (exact) mass is 353 g/mol. The highest BCUT2D eigenvalue weighted by Crippen LogP contribution is 2.32. The van der Waals surface area contributed by atoms with Crippen molar-refractivity contribution in [2.75, 3.05) is 6.61 Å². The molecule has 0 aromatic heterocycles. The van der Waals surface area contributed by atoms with Gasteiger partial charge in [-0.2, -0.15) is 0 Å². The Balaban J connectivity index is 2.22. The zero-order chi connectivity index (χ0) is 15.2. The Morgan fingerprint density at radius 2 is 1.95 bits per heavy atom. The van der Waals surface area contributed by atoms with Gasteiger partial charge in [0.25, 0.3) is 0 Å². The lowest BCUT2D eigenvalue weighted by atomic mass is 10.2. The van der Waals surface area contributed by atoms with Crippen LogP contribution in [0.3, 0.4) is 0 Å². The molecule has 21 heavy (non-hydrogen) atoms. The Kier molecular flexibility index (Phi) is 5.59. The van der Waals surface area contributed by atoms with Gasteiger partial charge in [0.2, 0.25) is 0 Å². The van der Waals surface area contributed by atoms with E-state index in [0.29, 0.717) is 35.7 Å². The molecular weight excluding hydrogens is 337 g/mol. The number of benzene rings is 2. The Hall–Kier alpha value is -1.59. The highest BCUT2D eigenvalue weighted by Gasteiger charge is 2.11. The smallest absolute Gasteiger partial charge is 0.166 e. The van der Waals surface area contributed by atoms with E-state index in [0.717, 1.165) is 11.1 Å². The molecule has 0 aliphatic rings. The van der Waals surface area contributed by atoms with E-state index in [9.17, 15) is 4.39 Å². The summed E-state index contributed by atoms with van der Waals surface area (Å²) in [6.07, 6.45) is 0. The molecule has 0 saturated heterocycles. The van der Waals surface area contributed by atoms with Crippen molar-refractivity contribution in [1.29, 1.82) is 0 Å². The molecule has 2 N–H and O–H groups in total. The zero-order valence-corrected chi connectivity index (χ0v) is 13.3. The molecule has 2 aromatic carbocycles. The summed E-state index contributed by atoms with van der Waals surface area (Å²) in [7, 11) is 0. The van der Waals surface area contributed by atoms with E-state index in [-0.39, 0.29) is 5.82 Å². The molecule has 0 aliphatic heterocycles. The summed E-state index contributed by atoms with van der Waals surface area (Å²) in [6.45, 7) is 3.12. The second-order valence-corrected chi connectivity index (χ2v) is 5.26. The highest BCUT2D eigenvalue weighted by atomic mass is 79.9. The molecule has 2 rings (SSSR count). The van der Waals surface area contributed by atoms with Crippen LogP contribution in [0.2, 0.25) is 0 Å². The molecule has 0 radical (unpaired) electrons. The number of hydrogen-bond donors (Lipinski definition) is 1. The van der Waals surface area contributed by atoms with Gasteiger partial charge in [-0.15, -0.1) is 0 Å². The molecule has 0 amide bonds. The second kappa shape index (κ2) is 7.43. The first kappa shape index (κ1) is 15.8. The van der Waals surface area contributed by atoms with Crippen LogP contribution in [0.1, 0.15) is 18.1 Å². The lowest BCUT2D eigenvalue weighted by Crippen LogP contribution is -2.06. The predicted octanol–water partition coefficient (Wildman–Crippen LogP) is 4.02. The van der Waals surface area contributed by atoms with Crippen LogP contribution in [0.5, 0.6) is 11.5 Å². The average Bonchev–Trinajstić information content (AvgIpc) is 2.47. The molecule has 0 aliphatic carbocycles. The van der Waals surface area contributed by atoms with Crippen molar-refractivity contribution in [2.45, 2.75) is 20.1 Å². The van der Waals surface area contributed by atoms with E-state index < -0.39 is 0 Å². The first-order valence-corrected chi connectivity index (χ1v) is 7.46. The van der Waals surface area contributed by atoms with Gasteiger partial charge >= 0.3 is 0 Å². The first-order valence-electron chi connectivity index (χ1n) is 6.67. The summed E-state index contributed by atoms with van der Waals surface area (Å²) < 4.78 is 25.2. The molecule has 3 nitrogen and oxygen atoms in total. The van der Waals surface area contributed by atoms with Crippen LogP contribution < -0.4 is 15.2 Å². The molecule has 112 valence electrons. The Labute approximate surface area is 132 Å². The molecule has 0 atom stereocenters. The molecule has 0 spiro atoms. The van der Waals surface area contributed by atoms with E-state index >= 15 is 0 Å². The molecule has 2 aromatic rings. The highest BCUT2D eigenvalue weighted by molar-refractivity contribution is 9.10. The third-order valence-electron chi connectivity index (χ3n) is 2.97. The number of halogens is 2. The summed E-state index contributed by atoms with van der Waals surface area (Å²) in [5.41, 5.74) is 7.47. The van der Waals surface area contributed by atoms with Gasteiger partial charge in [-0.1, -0.05) is 34.1 Å². The van der Waals surface area contributed by atoms with Gasteiger partial charge in [0, 0.05) is 22.1 Å². The van der Waals surface area contributed by atoms with Crippen LogP contribution in [-0.2, 0) is 13.2 Å². The van der Waals surface area contributed by atoms with Crippen LogP contribution in [-0.4, -0.2) is 6.61 Å².